The van der Waals surface area contributed by atoms with E-state index in [9.17, 15) is 23.1 Å². The van der Waals surface area contributed by atoms with E-state index in [-0.39, 0.29) is 45.8 Å². The van der Waals surface area contributed by atoms with Gasteiger partial charge in [-0.05, 0) is 38.1 Å². The van der Waals surface area contributed by atoms with Gasteiger partial charge in [-0.25, -0.2) is 9.37 Å². The van der Waals surface area contributed by atoms with Gasteiger partial charge in [-0.2, -0.15) is 18.3 Å². The summed E-state index contributed by atoms with van der Waals surface area (Å²) in [5.74, 6) is -1.57. The molecule has 0 spiro atoms. The maximum Gasteiger partial charge on any atom is 0.425 e. The third-order valence-corrected chi connectivity index (χ3v) is 5.37. The Hall–Kier alpha value is -3.58. The molecule has 14 heteroatoms. The summed E-state index contributed by atoms with van der Waals surface area (Å²) in [6.07, 6.45) is -8.73. The smallest absolute Gasteiger partial charge is 0.425 e. The standard InChI is InChI=1S/C21H18ClF4N5O4/c1-8-17(18(22)31-30-8)29-20(33)11-5-12(23)10(6-15(11)35-9(2)21(24,25)26)13-3-4-14-19(27-13)28-16(32)7-34-14/h3-6,9,20,29,33H,7H2,1-2H3,(H,30,31)(H,27,28,32)/t9-,20?/m0/s1. The van der Waals surface area contributed by atoms with E-state index in [1.54, 1.807) is 6.92 Å². The van der Waals surface area contributed by atoms with Gasteiger partial charge < -0.3 is 25.2 Å². The van der Waals surface area contributed by atoms with Crippen LogP contribution < -0.4 is 20.1 Å². The Morgan fingerprint density at radius 2 is 2.06 bits per heavy atom. The van der Waals surface area contributed by atoms with Crippen molar-refractivity contribution in [1.82, 2.24) is 15.2 Å². The Kier molecular flexibility index (Phi) is 6.47. The number of aryl methyl sites for hydroxylation is 1. The summed E-state index contributed by atoms with van der Waals surface area (Å²) < 4.78 is 65.2. The highest BCUT2D eigenvalue weighted by Crippen LogP contribution is 2.38. The summed E-state index contributed by atoms with van der Waals surface area (Å²) in [6.45, 7) is 2.15. The number of halogens is 5. The summed E-state index contributed by atoms with van der Waals surface area (Å²) in [5, 5.41) is 22.0. The van der Waals surface area contributed by atoms with Gasteiger partial charge in [0.2, 0.25) is 0 Å². The molecule has 0 fully saturated rings. The maximum absolute atomic E-state index is 15.2. The van der Waals surface area contributed by atoms with Crippen molar-refractivity contribution in [1.29, 1.82) is 0 Å². The first-order chi connectivity index (χ1) is 16.4. The van der Waals surface area contributed by atoms with Crippen LogP contribution in [-0.4, -0.2) is 45.1 Å². The predicted octanol–water partition coefficient (Wildman–Crippen LogP) is 4.34. The summed E-state index contributed by atoms with van der Waals surface area (Å²) in [6, 6.07) is 4.62. The molecule has 4 N–H and O–H groups in total. The highest BCUT2D eigenvalue weighted by Gasteiger charge is 2.39. The van der Waals surface area contributed by atoms with Gasteiger partial charge in [0.25, 0.3) is 5.91 Å². The van der Waals surface area contributed by atoms with E-state index >= 15 is 4.39 Å². The van der Waals surface area contributed by atoms with E-state index in [0.717, 1.165) is 19.1 Å². The number of hydrogen-bond acceptors (Lipinski definition) is 7. The highest BCUT2D eigenvalue weighted by molar-refractivity contribution is 6.32. The lowest BCUT2D eigenvalue weighted by Crippen LogP contribution is -2.31. The Labute approximate surface area is 200 Å². The molecule has 1 aliphatic rings. The maximum atomic E-state index is 15.2. The van der Waals surface area contributed by atoms with Crippen LogP contribution in [0.2, 0.25) is 5.15 Å². The van der Waals surface area contributed by atoms with Crippen LogP contribution in [0.15, 0.2) is 24.3 Å². The fraction of sp³-hybridized carbons (Fsp3) is 0.286. The van der Waals surface area contributed by atoms with Gasteiger partial charge in [0.15, 0.2) is 35.7 Å². The van der Waals surface area contributed by atoms with Crippen molar-refractivity contribution < 1.29 is 36.9 Å². The average Bonchev–Trinajstić information content (AvgIpc) is 3.10. The van der Waals surface area contributed by atoms with Crippen molar-refractivity contribution in [2.24, 2.45) is 0 Å². The van der Waals surface area contributed by atoms with Gasteiger partial charge in [0.1, 0.15) is 11.6 Å². The molecule has 0 bridgehead atoms. The minimum Gasteiger partial charge on any atom is -0.481 e. The molecule has 0 radical (unpaired) electrons. The quantitative estimate of drug-likeness (QED) is 0.285. The number of anilines is 2. The van der Waals surface area contributed by atoms with Gasteiger partial charge in [-0.3, -0.25) is 9.89 Å². The number of amides is 1. The molecule has 1 unspecified atom stereocenters. The van der Waals surface area contributed by atoms with E-state index in [0.29, 0.717) is 5.69 Å². The topological polar surface area (TPSA) is 121 Å². The van der Waals surface area contributed by atoms with E-state index in [2.05, 4.69) is 25.8 Å². The summed E-state index contributed by atoms with van der Waals surface area (Å²) in [7, 11) is 0. The number of nitrogens with zero attached hydrogens (tertiary/aromatic N) is 2. The van der Waals surface area contributed by atoms with Gasteiger partial charge in [0, 0.05) is 11.1 Å². The van der Waals surface area contributed by atoms with Crippen molar-refractivity contribution in [2.75, 3.05) is 17.2 Å². The van der Waals surface area contributed by atoms with Crippen molar-refractivity contribution in [3.05, 3.63) is 46.5 Å². The third-order valence-electron chi connectivity index (χ3n) is 5.09. The fourth-order valence-corrected chi connectivity index (χ4v) is 3.47. The first-order valence-corrected chi connectivity index (χ1v) is 10.5. The largest absolute Gasteiger partial charge is 0.481 e. The van der Waals surface area contributed by atoms with Crippen LogP contribution in [0.3, 0.4) is 0 Å². The molecule has 2 aromatic heterocycles. The fourth-order valence-electron chi connectivity index (χ4n) is 3.23. The number of fused-ring (bicyclic) bond motifs is 1. The van der Waals surface area contributed by atoms with E-state index in [1.807, 2.05) is 0 Å². The molecule has 35 heavy (non-hydrogen) atoms. The summed E-state index contributed by atoms with van der Waals surface area (Å²) >= 11 is 5.95. The summed E-state index contributed by atoms with van der Waals surface area (Å²) in [5.41, 5.74) is 0.0312. The van der Waals surface area contributed by atoms with Crippen molar-refractivity contribution in [2.45, 2.75) is 32.4 Å². The first-order valence-electron chi connectivity index (χ1n) is 10.1. The molecular formula is C21H18ClF4N5O4. The number of pyridine rings is 1. The van der Waals surface area contributed by atoms with E-state index in [1.165, 1.54) is 12.1 Å². The van der Waals surface area contributed by atoms with Crippen LogP contribution in [0.25, 0.3) is 11.3 Å². The summed E-state index contributed by atoms with van der Waals surface area (Å²) in [4.78, 5) is 15.7. The number of hydrogen-bond donors (Lipinski definition) is 4. The number of ether oxygens (including phenoxy) is 2. The number of benzene rings is 1. The van der Waals surface area contributed by atoms with Crippen LogP contribution in [-0.2, 0) is 4.79 Å². The molecule has 9 nitrogen and oxygen atoms in total. The number of carbonyl (C=O) groups excluding carboxylic acids is 1. The predicted molar refractivity (Wildman–Crippen MR) is 117 cm³/mol. The van der Waals surface area contributed by atoms with Gasteiger partial charge in [0.05, 0.1) is 17.1 Å². The second-order valence-electron chi connectivity index (χ2n) is 7.61. The van der Waals surface area contributed by atoms with Crippen LogP contribution in [0.1, 0.15) is 24.4 Å². The number of carbonyl (C=O) groups is 1. The van der Waals surface area contributed by atoms with Crippen LogP contribution in [0.4, 0.5) is 29.1 Å². The minimum atomic E-state index is -4.74. The van der Waals surface area contributed by atoms with E-state index in [4.69, 9.17) is 21.1 Å². The van der Waals surface area contributed by atoms with Gasteiger partial charge in [-0.1, -0.05) is 11.6 Å². The van der Waals surface area contributed by atoms with E-state index < -0.39 is 36.0 Å². The lowest BCUT2D eigenvalue weighted by molar-refractivity contribution is -0.189. The van der Waals surface area contributed by atoms with Crippen molar-refractivity contribution >= 4 is 29.0 Å². The van der Waals surface area contributed by atoms with Crippen LogP contribution in [0.5, 0.6) is 11.5 Å². The van der Waals surface area contributed by atoms with Crippen molar-refractivity contribution in [3.8, 4) is 22.8 Å². The molecule has 186 valence electrons. The number of aromatic amines is 1. The number of aliphatic hydroxyl groups is 1. The van der Waals surface area contributed by atoms with Gasteiger partial charge in [-0.15, -0.1) is 0 Å². The zero-order chi connectivity index (χ0) is 25.5. The third kappa shape index (κ3) is 5.10. The molecule has 2 atom stereocenters. The number of aromatic nitrogens is 3. The van der Waals surface area contributed by atoms with Crippen LogP contribution in [0, 0.1) is 12.7 Å². The molecule has 0 saturated carbocycles. The van der Waals surface area contributed by atoms with Crippen molar-refractivity contribution in [3.63, 3.8) is 0 Å². The number of H-pyrrole nitrogens is 1. The number of alkyl halides is 3. The Morgan fingerprint density at radius 1 is 1.31 bits per heavy atom. The second-order valence-corrected chi connectivity index (χ2v) is 7.97. The second kappa shape index (κ2) is 9.23. The average molecular weight is 516 g/mol. The first kappa shape index (κ1) is 24.5. The Balaban J connectivity index is 1.76. The molecule has 3 aromatic rings. The Morgan fingerprint density at radius 3 is 2.71 bits per heavy atom. The highest BCUT2D eigenvalue weighted by atomic mass is 35.5. The molecule has 3 heterocycles. The molecule has 0 aliphatic carbocycles. The molecule has 1 aliphatic heterocycles. The number of aliphatic hydroxyl groups excluding tert-OH is 1. The molecule has 4 rings (SSSR count). The zero-order valence-electron chi connectivity index (χ0n) is 18.1. The number of rotatable bonds is 6. The lowest BCUT2D eigenvalue weighted by Gasteiger charge is -2.23. The molecular weight excluding hydrogens is 498 g/mol. The molecule has 1 amide bonds. The number of nitrogens with one attached hydrogen (secondary N) is 3. The van der Waals surface area contributed by atoms with Gasteiger partial charge >= 0.3 is 6.18 Å². The normalized spacial score (nSPS) is 15.0. The monoisotopic (exact) mass is 515 g/mol. The zero-order valence-corrected chi connectivity index (χ0v) is 18.9. The molecule has 0 saturated heterocycles. The minimum absolute atomic E-state index is 0.0146. The SMILES string of the molecule is Cc1[nH]nc(Cl)c1NC(O)c1cc(F)c(-c2ccc3c(n2)NC(=O)CO3)cc1O[C@@H](C)C(F)(F)F. The Bertz CT molecular complexity index is 1260. The van der Waals surface area contributed by atoms with Crippen LogP contribution >= 0.6 is 11.6 Å². The lowest BCUT2D eigenvalue weighted by atomic mass is 10.0. The molecule has 1 aromatic carbocycles.